The van der Waals surface area contributed by atoms with Crippen LogP contribution in [-0.2, 0) is 11.3 Å². The molecule has 0 spiro atoms. The molecular weight excluding hydrogens is 340 g/mol. The minimum absolute atomic E-state index is 0.229. The summed E-state index contributed by atoms with van der Waals surface area (Å²) in [5.74, 6) is -0.226. The van der Waals surface area contributed by atoms with Gasteiger partial charge in [0.1, 0.15) is 0 Å². The Labute approximate surface area is 159 Å². The van der Waals surface area contributed by atoms with Crippen LogP contribution in [0.5, 0.6) is 0 Å². The van der Waals surface area contributed by atoms with Crippen molar-refractivity contribution in [2.45, 2.75) is 39.7 Å². The minimum Gasteiger partial charge on any atom is -0.366 e. The van der Waals surface area contributed by atoms with Crippen molar-refractivity contribution in [3.8, 4) is 17.2 Å². The van der Waals surface area contributed by atoms with Crippen LogP contribution < -0.4 is 5.73 Å². The van der Waals surface area contributed by atoms with Crippen molar-refractivity contribution >= 4 is 11.8 Å². The van der Waals surface area contributed by atoms with E-state index in [4.69, 9.17) is 11.0 Å². The zero-order valence-corrected chi connectivity index (χ0v) is 15.8. The van der Waals surface area contributed by atoms with Gasteiger partial charge in [-0.1, -0.05) is 12.1 Å². The number of benzene rings is 1. The lowest BCUT2D eigenvalue weighted by molar-refractivity contribution is -0.127. The number of likely N-dealkylation sites (tertiary alicyclic amines) is 1. The van der Waals surface area contributed by atoms with Gasteiger partial charge in [0, 0.05) is 43.0 Å². The zero-order chi connectivity index (χ0) is 19.6. The molecule has 0 bridgehead atoms. The normalized spacial score (nSPS) is 13.8. The Morgan fingerprint density at radius 3 is 2.44 bits per heavy atom. The van der Waals surface area contributed by atoms with E-state index in [1.54, 1.807) is 12.1 Å². The number of aromatic nitrogens is 1. The Kier molecular flexibility index (Phi) is 5.31. The van der Waals surface area contributed by atoms with E-state index in [1.165, 1.54) is 0 Å². The van der Waals surface area contributed by atoms with Gasteiger partial charge in [0.2, 0.25) is 5.91 Å². The van der Waals surface area contributed by atoms with E-state index in [-0.39, 0.29) is 5.91 Å². The fourth-order valence-corrected chi connectivity index (χ4v) is 3.94. The topological polar surface area (TPSA) is 92.1 Å². The van der Waals surface area contributed by atoms with Gasteiger partial charge < -0.3 is 15.2 Å². The van der Waals surface area contributed by atoms with Crippen molar-refractivity contribution in [1.29, 1.82) is 5.26 Å². The number of nitrogens with two attached hydrogens (primary N) is 1. The molecule has 0 unspecified atom stereocenters. The quantitative estimate of drug-likeness (QED) is 0.854. The lowest BCUT2D eigenvalue weighted by atomic mass is 9.99. The second-order valence-electron chi connectivity index (χ2n) is 6.96. The largest absolute Gasteiger partial charge is 0.366 e. The average molecular weight is 364 g/mol. The van der Waals surface area contributed by atoms with Crippen molar-refractivity contribution in [1.82, 2.24) is 9.47 Å². The molecule has 2 amide bonds. The molecule has 1 aliphatic heterocycles. The van der Waals surface area contributed by atoms with Gasteiger partial charge in [-0.05, 0) is 44.4 Å². The summed E-state index contributed by atoms with van der Waals surface area (Å²) in [5.41, 5.74) is 10.3. The van der Waals surface area contributed by atoms with Crippen molar-refractivity contribution in [2.24, 2.45) is 5.73 Å². The number of carbonyl (C=O) groups excluding carboxylic acids is 2. The molecule has 2 N–H and O–H groups in total. The van der Waals surface area contributed by atoms with Crippen LogP contribution in [0.4, 0.5) is 0 Å². The molecule has 0 aliphatic carbocycles. The standard InChI is InChI=1S/C21H24N4O2/c1-14-19(17-8-6-16(13-22)7-9-17)20(21(23)27)15(2)25(14)12-4-11-24-10-3-5-18(24)26/h6-9H,3-5,10-12H2,1-2H3,(H2,23,27). The number of hydrogen-bond donors (Lipinski definition) is 1. The molecule has 3 rings (SSSR count). The lowest BCUT2D eigenvalue weighted by Gasteiger charge is -2.16. The van der Waals surface area contributed by atoms with E-state index in [1.807, 2.05) is 30.9 Å². The molecule has 27 heavy (non-hydrogen) atoms. The first-order chi connectivity index (χ1) is 12.9. The molecule has 1 aromatic carbocycles. The molecular formula is C21H24N4O2. The number of carbonyl (C=O) groups is 2. The second kappa shape index (κ2) is 7.67. The molecule has 140 valence electrons. The van der Waals surface area contributed by atoms with Crippen LogP contribution in [0.1, 0.15) is 46.6 Å². The Balaban J connectivity index is 1.89. The molecule has 1 aromatic heterocycles. The fourth-order valence-electron chi connectivity index (χ4n) is 3.94. The Hall–Kier alpha value is -3.07. The molecule has 6 nitrogen and oxygen atoms in total. The highest BCUT2D eigenvalue weighted by molar-refractivity contribution is 6.02. The maximum absolute atomic E-state index is 12.1. The van der Waals surface area contributed by atoms with Crippen molar-refractivity contribution in [3.63, 3.8) is 0 Å². The molecule has 1 saturated heterocycles. The second-order valence-corrected chi connectivity index (χ2v) is 6.96. The lowest BCUT2D eigenvalue weighted by Crippen LogP contribution is -2.26. The Bertz CT molecular complexity index is 919. The van der Waals surface area contributed by atoms with Gasteiger partial charge in [-0.15, -0.1) is 0 Å². The number of nitrogens with zero attached hydrogens (tertiary/aromatic N) is 3. The van der Waals surface area contributed by atoms with Gasteiger partial charge >= 0.3 is 0 Å². The van der Waals surface area contributed by atoms with E-state index in [2.05, 4.69) is 10.6 Å². The van der Waals surface area contributed by atoms with Crippen LogP contribution in [-0.4, -0.2) is 34.4 Å². The van der Waals surface area contributed by atoms with Crippen molar-refractivity contribution < 1.29 is 9.59 Å². The summed E-state index contributed by atoms with van der Waals surface area (Å²) in [7, 11) is 0. The molecule has 1 fully saturated rings. The number of primary amides is 1. The summed E-state index contributed by atoms with van der Waals surface area (Å²) in [5, 5.41) is 8.99. The first kappa shape index (κ1) is 18.7. The monoisotopic (exact) mass is 364 g/mol. The molecule has 1 aliphatic rings. The number of amides is 2. The summed E-state index contributed by atoms with van der Waals surface area (Å²) < 4.78 is 2.11. The third-order valence-corrected chi connectivity index (χ3v) is 5.31. The highest BCUT2D eigenvalue weighted by Gasteiger charge is 2.23. The SMILES string of the molecule is Cc1c(C(N)=O)c(-c2ccc(C#N)cc2)c(C)n1CCCN1CCCC1=O. The Morgan fingerprint density at radius 2 is 1.89 bits per heavy atom. The zero-order valence-electron chi connectivity index (χ0n) is 15.8. The highest BCUT2D eigenvalue weighted by atomic mass is 16.2. The number of hydrogen-bond acceptors (Lipinski definition) is 3. The van der Waals surface area contributed by atoms with Gasteiger partial charge in [-0.25, -0.2) is 0 Å². The van der Waals surface area contributed by atoms with E-state index in [0.717, 1.165) is 55.0 Å². The van der Waals surface area contributed by atoms with Gasteiger partial charge in [0.15, 0.2) is 0 Å². The maximum atomic E-state index is 12.1. The van der Waals surface area contributed by atoms with Crippen LogP contribution in [0.2, 0.25) is 0 Å². The van der Waals surface area contributed by atoms with Gasteiger partial charge in [-0.3, -0.25) is 9.59 Å². The fraction of sp³-hybridized carbons (Fsp3) is 0.381. The summed E-state index contributed by atoms with van der Waals surface area (Å²) in [4.78, 5) is 25.8. The first-order valence-electron chi connectivity index (χ1n) is 9.21. The number of rotatable bonds is 6. The van der Waals surface area contributed by atoms with Crippen molar-refractivity contribution in [2.75, 3.05) is 13.1 Å². The predicted molar refractivity (Wildman–Crippen MR) is 103 cm³/mol. The minimum atomic E-state index is -0.455. The van der Waals surface area contributed by atoms with Gasteiger partial charge in [-0.2, -0.15) is 5.26 Å². The summed E-state index contributed by atoms with van der Waals surface area (Å²) in [6.07, 6.45) is 2.42. The molecule has 2 aromatic rings. The average Bonchev–Trinajstić information content (AvgIpc) is 3.17. The first-order valence-corrected chi connectivity index (χ1v) is 9.21. The van der Waals surface area contributed by atoms with E-state index in [9.17, 15) is 9.59 Å². The third kappa shape index (κ3) is 3.59. The molecule has 0 atom stereocenters. The molecule has 2 heterocycles. The summed E-state index contributed by atoms with van der Waals surface area (Å²) >= 11 is 0. The van der Waals surface area contributed by atoms with Crippen LogP contribution in [0.3, 0.4) is 0 Å². The van der Waals surface area contributed by atoms with Crippen LogP contribution >= 0.6 is 0 Å². The summed E-state index contributed by atoms with van der Waals surface area (Å²) in [6.45, 7) is 6.17. The Morgan fingerprint density at radius 1 is 1.19 bits per heavy atom. The summed E-state index contributed by atoms with van der Waals surface area (Å²) in [6, 6.07) is 9.28. The van der Waals surface area contributed by atoms with Gasteiger partial charge in [0.25, 0.3) is 5.91 Å². The smallest absolute Gasteiger partial charge is 0.251 e. The molecule has 0 saturated carbocycles. The predicted octanol–water partition coefficient (Wildman–Crippen LogP) is 2.76. The number of nitriles is 1. The van der Waals surface area contributed by atoms with E-state index in [0.29, 0.717) is 17.5 Å². The van der Waals surface area contributed by atoms with Crippen LogP contribution in [0.25, 0.3) is 11.1 Å². The third-order valence-electron chi connectivity index (χ3n) is 5.31. The van der Waals surface area contributed by atoms with Gasteiger partial charge in [0.05, 0.1) is 17.2 Å². The molecule has 6 heteroatoms. The maximum Gasteiger partial charge on any atom is 0.251 e. The van der Waals surface area contributed by atoms with E-state index < -0.39 is 5.91 Å². The van der Waals surface area contributed by atoms with Crippen LogP contribution in [0, 0.1) is 25.2 Å². The van der Waals surface area contributed by atoms with Crippen LogP contribution in [0.15, 0.2) is 24.3 Å². The van der Waals surface area contributed by atoms with Crippen molar-refractivity contribution in [3.05, 3.63) is 46.8 Å². The molecule has 0 radical (unpaired) electrons. The highest BCUT2D eigenvalue weighted by Crippen LogP contribution is 2.32. The van der Waals surface area contributed by atoms with E-state index >= 15 is 0 Å².